The van der Waals surface area contributed by atoms with E-state index in [2.05, 4.69) is 11.8 Å². The van der Waals surface area contributed by atoms with Crippen molar-refractivity contribution in [3.63, 3.8) is 0 Å². The largest absolute Gasteiger partial charge is 0.497 e. The van der Waals surface area contributed by atoms with E-state index in [1.807, 2.05) is 31.2 Å². The molecule has 1 aromatic rings. The minimum Gasteiger partial charge on any atom is -0.497 e. The summed E-state index contributed by atoms with van der Waals surface area (Å²) in [5.74, 6) is 0.0790. The average Bonchev–Trinajstić information content (AvgIpc) is 2.47. The highest BCUT2D eigenvalue weighted by molar-refractivity contribution is 5.78. The summed E-state index contributed by atoms with van der Waals surface area (Å²) in [7, 11) is 1.64. The summed E-state index contributed by atoms with van der Waals surface area (Å²) in [6, 6.07) is 7.94. The van der Waals surface area contributed by atoms with Gasteiger partial charge in [-0.15, -0.1) is 0 Å². The van der Waals surface area contributed by atoms with Gasteiger partial charge in [-0.05, 0) is 57.4 Å². The van der Waals surface area contributed by atoms with Gasteiger partial charge in [0.25, 0.3) is 0 Å². The van der Waals surface area contributed by atoms with E-state index in [1.165, 1.54) is 0 Å². The molecule has 1 heterocycles. The number of benzene rings is 1. The lowest BCUT2D eigenvalue weighted by Crippen LogP contribution is -2.55. The number of aliphatic carboxylic acids is 1. The molecule has 0 spiro atoms. The average molecular weight is 277 g/mol. The SMILES string of the molecule is COc1cccc(C(C)N2CCCCC2(C)C(=O)O)c1. The molecule has 1 aliphatic heterocycles. The highest BCUT2D eigenvalue weighted by atomic mass is 16.5. The van der Waals surface area contributed by atoms with E-state index < -0.39 is 11.5 Å². The molecule has 0 radical (unpaired) electrons. The Bertz CT molecular complexity index is 488. The van der Waals surface area contributed by atoms with Crippen molar-refractivity contribution in [3.8, 4) is 5.75 Å². The van der Waals surface area contributed by atoms with Gasteiger partial charge >= 0.3 is 5.97 Å². The molecular weight excluding hydrogens is 254 g/mol. The molecule has 0 saturated carbocycles. The van der Waals surface area contributed by atoms with Gasteiger partial charge in [-0.1, -0.05) is 12.1 Å². The van der Waals surface area contributed by atoms with Crippen molar-refractivity contribution in [2.24, 2.45) is 0 Å². The molecule has 2 atom stereocenters. The van der Waals surface area contributed by atoms with Gasteiger partial charge < -0.3 is 9.84 Å². The second-order valence-electron chi connectivity index (χ2n) is 5.68. The van der Waals surface area contributed by atoms with Crippen LogP contribution in [0.15, 0.2) is 24.3 Å². The quantitative estimate of drug-likeness (QED) is 0.919. The van der Waals surface area contributed by atoms with E-state index in [0.29, 0.717) is 6.42 Å². The maximum atomic E-state index is 11.7. The summed E-state index contributed by atoms with van der Waals surface area (Å²) in [6.07, 6.45) is 2.73. The maximum absolute atomic E-state index is 11.7. The summed E-state index contributed by atoms with van der Waals surface area (Å²) in [4.78, 5) is 13.8. The third-order valence-corrected chi connectivity index (χ3v) is 4.45. The molecule has 4 nitrogen and oxygen atoms in total. The van der Waals surface area contributed by atoms with Crippen molar-refractivity contribution in [2.45, 2.75) is 44.7 Å². The van der Waals surface area contributed by atoms with Crippen LogP contribution < -0.4 is 4.74 Å². The predicted molar refractivity (Wildman–Crippen MR) is 78.0 cm³/mol. The van der Waals surface area contributed by atoms with Crippen molar-refractivity contribution in [3.05, 3.63) is 29.8 Å². The first-order chi connectivity index (χ1) is 9.49. The number of carbonyl (C=O) groups is 1. The number of carboxylic acid groups (broad SMARTS) is 1. The third-order valence-electron chi connectivity index (χ3n) is 4.45. The van der Waals surface area contributed by atoms with E-state index in [-0.39, 0.29) is 6.04 Å². The Labute approximate surface area is 120 Å². The van der Waals surface area contributed by atoms with Crippen LogP contribution in [0.5, 0.6) is 5.75 Å². The molecular formula is C16H23NO3. The normalized spacial score (nSPS) is 25.1. The summed E-state index contributed by atoms with van der Waals surface area (Å²) in [5.41, 5.74) is 0.319. The van der Waals surface area contributed by atoms with Crippen LogP contribution in [0.2, 0.25) is 0 Å². The molecule has 0 amide bonds. The highest BCUT2D eigenvalue weighted by Gasteiger charge is 2.43. The summed E-state index contributed by atoms with van der Waals surface area (Å²) < 4.78 is 5.26. The molecule has 1 fully saturated rings. The minimum atomic E-state index is -0.777. The summed E-state index contributed by atoms with van der Waals surface area (Å²) >= 11 is 0. The van der Waals surface area contributed by atoms with Crippen LogP contribution in [0, 0.1) is 0 Å². The Morgan fingerprint density at radius 2 is 2.20 bits per heavy atom. The van der Waals surface area contributed by atoms with Gasteiger partial charge in [0.05, 0.1) is 7.11 Å². The number of ether oxygens (including phenoxy) is 1. The fourth-order valence-corrected chi connectivity index (χ4v) is 3.07. The number of likely N-dealkylation sites (tertiary alicyclic amines) is 1. The second-order valence-corrected chi connectivity index (χ2v) is 5.68. The zero-order valence-corrected chi connectivity index (χ0v) is 12.4. The van der Waals surface area contributed by atoms with Crippen LogP contribution in [0.3, 0.4) is 0 Å². The number of piperidine rings is 1. The Balaban J connectivity index is 2.29. The first kappa shape index (κ1) is 14.9. The van der Waals surface area contributed by atoms with Crippen molar-refractivity contribution in [2.75, 3.05) is 13.7 Å². The molecule has 20 heavy (non-hydrogen) atoms. The fourth-order valence-electron chi connectivity index (χ4n) is 3.07. The zero-order chi connectivity index (χ0) is 14.8. The number of rotatable bonds is 4. The van der Waals surface area contributed by atoms with Crippen molar-refractivity contribution in [1.29, 1.82) is 0 Å². The van der Waals surface area contributed by atoms with Crippen LogP contribution in [0.4, 0.5) is 0 Å². The van der Waals surface area contributed by atoms with E-state index in [4.69, 9.17) is 4.74 Å². The van der Waals surface area contributed by atoms with Gasteiger partial charge in [0.1, 0.15) is 11.3 Å². The van der Waals surface area contributed by atoms with Crippen LogP contribution in [-0.2, 0) is 4.79 Å². The van der Waals surface area contributed by atoms with E-state index in [0.717, 1.165) is 30.7 Å². The molecule has 1 aromatic carbocycles. The van der Waals surface area contributed by atoms with Gasteiger partial charge in [0, 0.05) is 6.04 Å². The molecule has 2 rings (SSSR count). The Hall–Kier alpha value is -1.55. The number of nitrogens with zero attached hydrogens (tertiary/aromatic N) is 1. The van der Waals surface area contributed by atoms with Crippen LogP contribution in [0.1, 0.15) is 44.7 Å². The number of hydrogen-bond donors (Lipinski definition) is 1. The number of hydrogen-bond acceptors (Lipinski definition) is 3. The Morgan fingerprint density at radius 3 is 2.85 bits per heavy atom. The van der Waals surface area contributed by atoms with Crippen LogP contribution in [-0.4, -0.2) is 35.2 Å². The second kappa shape index (κ2) is 5.83. The lowest BCUT2D eigenvalue weighted by atomic mass is 9.86. The zero-order valence-electron chi connectivity index (χ0n) is 12.4. The highest BCUT2D eigenvalue weighted by Crippen LogP contribution is 2.36. The predicted octanol–water partition coefficient (Wildman–Crippen LogP) is 3.09. The van der Waals surface area contributed by atoms with E-state index in [9.17, 15) is 9.90 Å². The standard InChI is InChI=1S/C16H23NO3/c1-12(13-7-6-8-14(11-13)20-3)17-10-5-4-9-16(17,2)15(18)19/h6-8,11-12H,4-5,9-10H2,1-3H3,(H,18,19). The molecule has 4 heteroatoms. The van der Waals surface area contributed by atoms with Gasteiger partial charge in [0.2, 0.25) is 0 Å². The lowest BCUT2D eigenvalue weighted by Gasteiger charge is -2.45. The number of methoxy groups -OCH3 is 1. The first-order valence-electron chi connectivity index (χ1n) is 7.13. The summed E-state index contributed by atoms with van der Waals surface area (Å²) in [6.45, 7) is 4.73. The molecule has 0 bridgehead atoms. The van der Waals surface area contributed by atoms with Gasteiger partial charge in [-0.2, -0.15) is 0 Å². The minimum absolute atomic E-state index is 0.0616. The molecule has 0 aromatic heterocycles. The number of carboxylic acids is 1. The smallest absolute Gasteiger partial charge is 0.323 e. The summed E-state index contributed by atoms with van der Waals surface area (Å²) in [5, 5.41) is 9.60. The van der Waals surface area contributed by atoms with Crippen LogP contribution >= 0.6 is 0 Å². The van der Waals surface area contributed by atoms with Crippen molar-refractivity contribution < 1.29 is 14.6 Å². The Kier molecular flexibility index (Phi) is 4.33. The molecule has 0 aliphatic carbocycles. The van der Waals surface area contributed by atoms with Crippen LogP contribution in [0.25, 0.3) is 0 Å². The van der Waals surface area contributed by atoms with Gasteiger partial charge in [-0.3, -0.25) is 9.69 Å². The van der Waals surface area contributed by atoms with Crippen molar-refractivity contribution >= 4 is 5.97 Å². The third kappa shape index (κ3) is 2.66. The van der Waals surface area contributed by atoms with Crippen molar-refractivity contribution in [1.82, 2.24) is 4.90 Å². The Morgan fingerprint density at radius 1 is 1.45 bits per heavy atom. The molecule has 110 valence electrons. The monoisotopic (exact) mass is 277 g/mol. The molecule has 1 N–H and O–H groups in total. The van der Waals surface area contributed by atoms with Gasteiger partial charge in [-0.25, -0.2) is 0 Å². The first-order valence-corrected chi connectivity index (χ1v) is 7.13. The van der Waals surface area contributed by atoms with E-state index >= 15 is 0 Å². The van der Waals surface area contributed by atoms with E-state index in [1.54, 1.807) is 7.11 Å². The topological polar surface area (TPSA) is 49.8 Å². The maximum Gasteiger partial charge on any atom is 0.323 e. The lowest BCUT2D eigenvalue weighted by molar-refractivity contribution is -0.155. The molecule has 2 unspecified atom stereocenters. The fraction of sp³-hybridized carbons (Fsp3) is 0.562. The molecule has 1 aliphatic rings. The molecule has 1 saturated heterocycles. The van der Waals surface area contributed by atoms with Gasteiger partial charge in [0.15, 0.2) is 0 Å².